The van der Waals surface area contributed by atoms with Crippen LogP contribution in [0.1, 0.15) is 37.8 Å². The van der Waals surface area contributed by atoms with Crippen LogP contribution in [0, 0.1) is 10.1 Å². The third-order valence-electron chi connectivity index (χ3n) is 3.55. The van der Waals surface area contributed by atoms with E-state index < -0.39 is 4.92 Å². The summed E-state index contributed by atoms with van der Waals surface area (Å²) in [5.74, 6) is 0.0613. The van der Waals surface area contributed by atoms with Gasteiger partial charge in [0.2, 0.25) is 5.91 Å². The van der Waals surface area contributed by atoms with Gasteiger partial charge in [-0.05, 0) is 25.3 Å². The van der Waals surface area contributed by atoms with Gasteiger partial charge in [0, 0.05) is 37.2 Å². The maximum Gasteiger partial charge on any atom is 0.269 e. The van der Waals surface area contributed by atoms with Gasteiger partial charge in [0.1, 0.15) is 0 Å². The van der Waals surface area contributed by atoms with Gasteiger partial charge in [-0.1, -0.05) is 12.1 Å². The minimum Gasteiger partial charge on any atom is -0.356 e. The molecule has 0 spiro atoms. The normalized spacial score (nSPS) is 20.9. The SMILES string of the molecule is CC(NC1CCCNC(=O)C1)c1cccc([N+](=O)[O-])c1. The lowest BCUT2D eigenvalue weighted by Crippen LogP contribution is -2.34. The van der Waals surface area contributed by atoms with E-state index >= 15 is 0 Å². The van der Waals surface area contributed by atoms with Crippen LogP contribution in [0.2, 0.25) is 0 Å². The minimum atomic E-state index is -0.394. The van der Waals surface area contributed by atoms with E-state index in [1.807, 2.05) is 13.0 Å². The molecule has 20 heavy (non-hydrogen) atoms. The standard InChI is InChI=1S/C14H19N3O3/c1-10(11-4-2-6-13(8-11)17(19)20)16-12-5-3-7-15-14(18)9-12/h2,4,6,8,10,12,16H,3,5,7,9H2,1H3,(H,15,18). The van der Waals surface area contributed by atoms with Gasteiger partial charge in [0.15, 0.2) is 0 Å². The Morgan fingerprint density at radius 2 is 2.30 bits per heavy atom. The van der Waals surface area contributed by atoms with E-state index in [1.165, 1.54) is 6.07 Å². The first-order valence-electron chi connectivity index (χ1n) is 6.83. The van der Waals surface area contributed by atoms with Crippen molar-refractivity contribution >= 4 is 11.6 Å². The van der Waals surface area contributed by atoms with Crippen LogP contribution in [0.15, 0.2) is 24.3 Å². The average molecular weight is 277 g/mol. The fraction of sp³-hybridized carbons (Fsp3) is 0.500. The van der Waals surface area contributed by atoms with Crippen LogP contribution in [-0.4, -0.2) is 23.4 Å². The lowest BCUT2D eigenvalue weighted by atomic mass is 10.0. The van der Waals surface area contributed by atoms with Crippen molar-refractivity contribution in [1.82, 2.24) is 10.6 Å². The Morgan fingerprint density at radius 3 is 3.05 bits per heavy atom. The number of amides is 1. The second-order valence-corrected chi connectivity index (χ2v) is 5.13. The minimum absolute atomic E-state index is 0.0224. The van der Waals surface area contributed by atoms with E-state index in [-0.39, 0.29) is 23.7 Å². The molecule has 108 valence electrons. The fourth-order valence-corrected chi connectivity index (χ4v) is 2.47. The highest BCUT2D eigenvalue weighted by molar-refractivity contribution is 5.76. The number of nitrogens with zero attached hydrogens (tertiary/aromatic N) is 1. The van der Waals surface area contributed by atoms with Crippen LogP contribution in [0.3, 0.4) is 0 Å². The zero-order chi connectivity index (χ0) is 14.5. The van der Waals surface area contributed by atoms with Crippen molar-refractivity contribution in [1.29, 1.82) is 0 Å². The largest absolute Gasteiger partial charge is 0.356 e. The Bertz CT molecular complexity index is 504. The molecule has 6 heteroatoms. The molecule has 1 aromatic carbocycles. The molecule has 0 aromatic heterocycles. The van der Waals surface area contributed by atoms with Crippen molar-refractivity contribution in [2.45, 2.75) is 38.3 Å². The van der Waals surface area contributed by atoms with Crippen LogP contribution >= 0.6 is 0 Å². The summed E-state index contributed by atoms with van der Waals surface area (Å²) in [5.41, 5.74) is 0.957. The van der Waals surface area contributed by atoms with Crippen molar-refractivity contribution in [2.24, 2.45) is 0 Å². The summed E-state index contributed by atoms with van der Waals surface area (Å²) in [7, 11) is 0. The van der Waals surface area contributed by atoms with Gasteiger partial charge in [-0.2, -0.15) is 0 Å². The van der Waals surface area contributed by atoms with Crippen molar-refractivity contribution in [2.75, 3.05) is 6.54 Å². The van der Waals surface area contributed by atoms with Gasteiger partial charge < -0.3 is 10.6 Å². The molecule has 1 amide bonds. The predicted octanol–water partition coefficient (Wildman–Crippen LogP) is 1.91. The Hall–Kier alpha value is -1.95. The topological polar surface area (TPSA) is 84.3 Å². The van der Waals surface area contributed by atoms with Crippen molar-refractivity contribution in [3.63, 3.8) is 0 Å². The molecule has 1 fully saturated rings. The summed E-state index contributed by atoms with van der Waals surface area (Å²) < 4.78 is 0. The summed E-state index contributed by atoms with van der Waals surface area (Å²) in [6, 6.07) is 6.70. The lowest BCUT2D eigenvalue weighted by Gasteiger charge is -2.21. The van der Waals surface area contributed by atoms with Crippen LogP contribution in [-0.2, 0) is 4.79 Å². The molecule has 0 bridgehead atoms. The molecule has 2 atom stereocenters. The summed E-state index contributed by atoms with van der Waals surface area (Å²) >= 11 is 0. The van der Waals surface area contributed by atoms with Gasteiger partial charge >= 0.3 is 0 Å². The monoisotopic (exact) mass is 277 g/mol. The first-order chi connectivity index (χ1) is 9.56. The highest BCUT2D eigenvalue weighted by Gasteiger charge is 2.20. The average Bonchev–Trinajstić information content (AvgIpc) is 2.63. The maximum atomic E-state index is 11.5. The number of non-ortho nitro benzene ring substituents is 1. The van der Waals surface area contributed by atoms with Gasteiger partial charge in [0.05, 0.1) is 4.92 Å². The van der Waals surface area contributed by atoms with E-state index in [1.54, 1.807) is 12.1 Å². The summed E-state index contributed by atoms with van der Waals surface area (Å²) in [4.78, 5) is 21.9. The van der Waals surface area contributed by atoms with Crippen molar-refractivity contribution < 1.29 is 9.72 Å². The zero-order valence-electron chi connectivity index (χ0n) is 11.5. The number of nitrogens with one attached hydrogen (secondary N) is 2. The second-order valence-electron chi connectivity index (χ2n) is 5.13. The van der Waals surface area contributed by atoms with E-state index in [0.717, 1.165) is 24.9 Å². The number of hydrogen-bond acceptors (Lipinski definition) is 4. The molecule has 1 aromatic rings. The molecule has 1 saturated heterocycles. The first-order valence-corrected chi connectivity index (χ1v) is 6.83. The molecule has 2 N–H and O–H groups in total. The van der Waals surface area contributed by atoms with Crippen LogP contribution in [0.5, 0.6) is 0 Å². The molecule has 6 nitrogen and oxygen atoms in total. The molecule has 0 aliphatic carbocycles. The number of benzene rings is 1. The van der Waals surface area contributed by atoms with E-state index in [2.05, 4.69) is 10.6 Å². The number of nitro groups is 1. The van der Waals surface area contributed by atoms with Crippen LogP contribution in [0.4, 0.5) is 5.69 Å². The maximum absolute atomic E-state index is 11.5. The number of carbonyl (C=O) groups excluding carboxylic acids is 1. The Labute approximate surface area is 117 Å². The van der Waals surface area contributed by atoms with Gasteiger partial charge in [-0.3, -0.25) is 14.9 Å². The van der Waals surface area contributed by atoms with Crippen LogP contribution < -0.4 is 10.6 Å². The summed E-state index contributed by atoms with van der Waals surface area (Å²) in [6.07, 6.45) is 2.34. The number of rotatable bonds is 4. The van der Waals surface area contributed by atoms with Crippen molar-refractivity contribution in [3.05, 3.63) is 39.9 Å². The Kier molecular flexibility index (Phi) is 4.68. The third kappa shape index (κ3) is 3.77. The molecule has 0 radical (unpaired) electrons. The number of hydrogen-bond donors (Lipinski definition) is 2. The molecule has 0 saturated carbocycles. The quantitative estimate of drug-likeness (QED) is 0.650. The highest BCUT2D eigenvalue weighted by atomic mass is 16.6. The van der Waals surface area contributed by atoms with E-state index in [4.69, 9.17) is 0 Å². The molecular formula is C14H19N3O3. The van der Waals surface area contributed by atoms with Crippen LogP contribution in [0.25, 0.3) is 0 Å². The predicted molar refractivity (Wildman–Crippen MR) is 75.3 cm³/mol. The van der Waals surface area contributed by atoms with Gasteiger partial charge in [-0.25, -0.2) is 0 Å². The zero-order valence-corrected chi connectivity index (χ0v) is 11.5. The lowest BCUT2D eigenvalue weighted by molar-refractivity contribution is -0.384. The first kappa shape index (κ1) is 14.5. The Morgan fingerprint density at radius 1 is 1.50 bits per heavy atom. The molecule has 2 unspecified atom stereocenters. The molecule has 1 heterocycles. The highest BCUT2D eigenvalue weighted by Crippen LogP contribution is 2.20. The second kappa shape index (κ2) is 6.47. The van der Waals surface area contributed by atoms with Gasteiger partial charge in [0.25, 0.3) is 5.69 Å². The summed E-state index contributed by atoms with van der Waals surface area (Å²) in [5, 5.41) is 17.0. The molecule has 1 aliphatic rings. The molecular weight excluding hydrogens is 258 g/mol. The van der Waals surface area contributed by atoms with E-state index in [0.29, 0.717) is 6.42 Å². The number of nitro benzene ring substituents is 1. The molecule has 2 rings (SSSR count). The smallest absolute Gasteiger partial charge is 0.269 e. The van der Waals surface area contributed by atoms with Gasteiger partial charge in [-0.15, -0.1) is 0 Å². The van der Waals surface area contributed by atoms with E-state index in [9.17, 15) is 14.9 Å². The fourth-order valence-electron chi connectivity index (χ4n) is 2.47. The molecule has 1 aliphatic heterocycles. The number of carbonyl (C=O) groups is 1. The third-order valence-corrected chi connectivity index (χ3v) is 3.55. The summed E-state index contributed by atoms with van der Waals surface area (Å²) in [6.45, 7) is 2.68. The Balaban J connectivity index is 2.03. The van der Waals surface area contributed by atoms with Crippen molar-refractivity contribution in [3.8, 4) is 0 Å².